The molecular formula is C15H22ClN3. The van der Waals surface area contributed by atoms with E-state index in [2.05, 4.69) is 42.1 Å². The summed E-state index contributed by atoms with van der Waals surface area (Å²) < 4.78 is 0. The third-order valence-electron chi connectivity index (χ3n) is 2.94. The maximum absolute atomic E-state index is 6.04. The van der Waals surface area contributed by atoms with Crippen LogP contribution in [0.4, 0.5) is 0 Å². The summed E-state index contributed by atoms with van der Waals surface area (Å²) in [5.41, 5.74) is 1.17. The van der Waals surface area contributed by atoms with Crippen LogP contribution >= 0.6 is 11.6 Å². The normalized spacial score (nSPS) is 12.1. The molecule has 0 aromatic heterocycles. The molecule has 19 heavy (non-hydrogen) atoms. The summed E-state index contributed by atoms with van der Waals surface area (Å²) in [5.74, 6) is 0.773. The highest BCUT2D eigenvalue weighted by Gasteiger charge is 2.21. The topological polar surface area (TPSA) is 36.4 Å². The fourth-order valence-corrected chi connectivity index (χ4v) is 1.90. The van der Waals surface area contributed by atoms with Gasteiger partial charge in [-0.2, -0.15) is 0 Å². The van der Waals surface area contributed by atoms with Crippen LogP contribution in [0, 0.1) is 0 Å². The van der Waals surface area contributed by atoms with Gasteiger partial charge in [0.15, 0.2) is 5.96 Å². The van der Waals surface area contributed by atoms with Gasteiger partial charge in [0, 0.05) is 30.6 Å². The predicted octanol–water partition coefficient (Wildman–Crippen LogP) is 2.97. The zero-order valence-corrected chi connectivity index (χ0v) is 12.6. The van der Waals surface area contributed by atoms with E-state index in [0.717, 1.165) is 17.5 Å². The van der Waals surface area contributed by atoms with E-state index in [1.54, 1.807) is 13.1 Å². The van der Waals surface area contributed by atoms with Gasteiger partial charge < -0.3 is 10.6 Å². The monoisotopic (exact) mass is 279 g/mol. The van der Waals surface area contributed by atoms with Crippen LogP contribution < -0.4 is 10.6 Å². The molecule has 0 atom stereocenters. The molecule has 0 aliphatic carbocycles. The first-order chi connectivity index (χ1) is 8.99. The summed E-state index contributed by atoms with van der Waals surface area (Å²) in [6, 6.07) is 7.96. The molecule has 0 heterocycles. The minimum Gasteiger partial charge on any atom is -0.356 e. The molecule has 1 aromatic rings. The molecule has 1 aromatic carbocycles. The molecule has 0 spiro atoms. The van der Waals surface area contributed by atoms with Crippen LogP contribution in [0.15, 0.2) is 41.9 Å². The van der Waals surface area contributed by atoms with Crippen molar-refractivity contribution >= 4 is 17.6 Å². The third kappa shape index (κ3) is 4.95. The number of halogens is 1. The van der Waals surface area contributed by atoms with Gasteiger partial charge in [0.05, 0.1) is 0 Å². The number of guanidine groups is 1. The number of nitrogens with one attached hydrogen (secondary N) is 2. The van der Waals surface area contributed by atoms with E-state index in [1.807, 2.05) is 18.2 Å². The number of hydrogen-bond donors (Lipinski definition) is 2. The summed E-state index contributed by atoms with van der Waals surface area (Å²) in [6.07, 6.45) is 1.80. The number of rotatable bonds is 5. The summed E-state index contributed by atoms with van der Waals surface area (Å²) in [7, 11) is 1.75. The van der Waals surface area contributed by atoms with E-state index in [4.69, 9.17) is 11.6 Å². The summed E-state index contributed by atoms with van der Waals surface area (Å²) in [4.78, 5) is 4.16. The highest BCUT2D eigenvalue weighted by Crippen LogP contribution is 2.24. The van der Waals surface area contributed by atoms with Crippen molar-refractivity contribution in [2.24, 2.45) is 4.99 Å². The Morgan fingerprint density at radius 3 is 2.74 bits per heavy atom. The maximum Gasteiger partial charge on any atom is 0.191 e. The number of aliphatic imine (C=N–C) groups is 1. The van der Waals surface area contributed by atoms with Crippen molar-refractivity contribution in [2.45, 2.75) is 19.3 Å². The van der Waals surface area contributed by atoms with Crippen LogP contribution in [0.25, 0.3) is 0 Å². The second-order valence-electron chi connectivity index (χ2n) is 4.99. The zero-order chi connectivity index (χ0) is 14.3. The van der Waals surface area contributed by atoms with E-state index in [-0.39, 0.29) is 5.41 Å². The fourth-order valence-electron chi connectivity index (χ4n) is 1.71. The summed E-state index contributed by atoms with van der Waals surface area (Å²) in [6.45, 7) is 9.48. The molecule has 0 bridgehead atoms. The lowest BCUT2D eigenvalue weighted by Gasteiger charge is -2.27. The number of nitrogens with zero attached hydrogens (tertiary/aromatic N) is 1. The zero-order valence-electron chi connectivity index (χ0n) is 11.8. The molecule has 0 saturated carbocycles. The standard InChI is InChI=1S/C15H22ClN3/c1-5-9-18-14(17-4)19-11-15(2,3)12-7-6-8-13(16)10-12/h5-8,10H,1,9,11H2,2-4H3,(H2,17,18,19). The van der Waals surface area contributed by atoms with E-state index >= 15 is 0 Å². The van der Waals surface area contributed by atoms with Crippen LogP contribution in [-0.2, 0) is 5.41 Å². The highest BCUT2D eigenvalue weighted by atomic mass is 35.5. The molecule has 0 radical (unpaired) electrons. The van der Waals surface area contributed by atoms with Gasteiger partial charge in [-0.15, -0.1) is 6.58 Å². The fraction of sp³-hybridized carbons (Fsp3) is 0.400. The number of benzene rings is 1. The highest BCUT2D eigenvalue weighted by molar-refractivity contribution is 6.30. The van der Waals surface area contributed by atoms with Crippen LogP contribution in [-0.4, -0.2) is 26.1 Å². The molecule has 0 unspecified atom stereocenters. The Bertz CT molecular complexity index is 452. The van der Waals surface area contributed by atoms with Gasteiger partial charge in [-0.25, -0.2) is 0 Å². The van der Waals surface area contributed by atoms with E-state index in [1.165, 1.54) is 5.56 Å². The minimum absolute atomic E-state index is 0.0311. The Morgan fingerprint density at radius 2 is 2.16 bits per heavy atom. The van der Waals surface area contributed by atoms with Crippen LogP contribution in [0.3, 0.4) is 0 Å². The van der Waals surface area contributed by atoms with Gasteiger partial charge in [-0.3, -0.25) is 4.99 Å². The maximum atomic E-state index is 6.04. The first-order valence-corrected chi connectivity index (χ1v) is 6.69. The molecular weight excluding hydrogens is 258 g/mol. The molecule has 2 N–H and O–H groups in total. The van der Waals surface area contributed by atoms with E-state index in [9.17, 15) is 0 Å². The molecule has 4 heteroatoms. The van der Waals surface area contributed by atoms with Gasteiger partial charge in [0.1, 0.15) is 0 Å². The first-order valence-electron chi connectivity index (χ1n) is 6.31. The van der Waals surface area contributed by atoms with Crippen molar-refractivity contribution in [3.05, 3.63) is 47.5 Å². The van der Waals surface area contributed by atoms with Crippen molar-refractivity contribution in [3.63, 3.8) is 0 Å². The second-order valence-corrected chi connectivity index (χ2v) is 5.43. The van der Waals surface area contributed by atoms with E-state index < -0.39 is 0 Å². The minimum atomic E-state index is -0.0311. The molecule has 1 rings (SSSR count). The van der Waals surface area contributed by atoms with Gasteiger partial charge in [0.25, 0.3) is 0 Å². The Kier molecular flexibility index (Phi) is 5.90. The third-order valence-corrected chi connectivity index (χ3v) is 3.18. The molecule has 0 aliphatic rings. The lowest BCUT2D eigenvalue weighted by Crippen LogP contribution is -2.43. The summed E-state index contributed by atoms with van der Waals surface area (Å²) in [5, 5.41) is 7.22. The smallest absolute Gasteiger partial charge is 0.191 e. The Morgan fingerprint density at radius 1 is 1.42 bits per heavy atom. The van der Waals surface area contributed by atoms with Gasteiger partial charge in [0.2, 0.25) is 0 Å². The lowest BCUT2D eigenvalue weighted by molar-refractivity contribution is 0.509. The SMILES string of the molecule is C=CCNC(=NC)NCC(C)(C)c1cccc(Cl)c1. The Balaban J connectivity index is 2.66. The molecule has 0 aliphatic heterocycles. The van der Waals surface area contributed by atoms with Crippen molar-refractivity contribution in [2.75, 3.05) is 20.1 Å². The molecule has 3 nitrogen and oxygen atoms in total. The molecule has 0 fully saturated rings. The van der Waals surface area contributed by atoms with Gasteiger partial charge in [-0.05, 0) is 17.7 Å². The number of hydrogen-bond acceptors (Lipinski definition) is 1. The molecule has 0 saturated heterocycles. The Labute approximate surface area is 120 Å². The molecule has 104 valence electrons. The van der Waals surface area contributed by atoms with Gasteiger partial charge >= 0.3 is 0 Å². The van der Waals surface area contributed by atoms with Crippen molar-refractivity contribution in [3.8, 4) is 0 Å². The van der Waals surface area contributed by atoms with Crippen molar-refractivity contribution in [1.82, 2.24) is 10.6 Å². The van der Waals surface area contributed by atoms with Crippen molar-refractivity contribution < 1.29 is 0 Å². The van der Waals surface area contributed by atoms with Crippen LogP contribution in [0.5, 0.6) is 0 Å². The molecule has 0 amide bonds. The van der Waals surface area contributed by atoms with E-state index in [0.29, 0.717) is 6.54 Å². The quantitative estimate of drug-likeness (QED) is 0.494. The average Bonchev–Trinajstić information content (AvgIpc) is 2.39. The van der Waals surface area contributed by atoms with Gasteiger partial charge in [-0.1, -0.05) is 43.7 Å². The lowest BCUT2D eigenvalue weighted by atomic mass is 9.84. The average molecular weight is 280 g/mol. The second kappa shape index (κ2) is 7.19. The first kappa shape index (κ1) is 15.6. The van der Waals surface area contributed by atoms with Crippen molar-refractivity contribution in [1.29, 1.82) is 0 Å². The van der Waals surface area contributed by atoms with Crippen LogP contribution in [0.1, 0.15) is 19.4 Å². The summed E-state index contributed by atoms with van der Waals surface area (Å²) >= 11 is 6.04. The predicted molar refractivity (Wildman–Crippen MR) is 84.0 cm³/mol. The van der Waals surface area contributed by atoms with Crippen LogP contribution in [0.2, 0.25) is 5.02 Å². The largest absolute Gasteiger partial charge is 0.356 e. The Hall–Kier alpha value is -1.48.